The van der Waals surface area contributed by atoms with Crippen molar-refractivity contribution >= 4 is 0 Å². The lowest BCUT2D eigenvalue weighted by Crippen LogP contribution is -2.27. The molecule has 1 atom stereocenters. The Morgan fingerprint density at radius 1 is 1.33 bits per heavy atom. The Morgan fingerprint density at radius 3 is 2.58 bits per heavy atom. The van der Waals surface area contributed by atoms with E-state index in [-0.39, 0.29) is 0 Å². The van der Waals surface area contributed by atoms with Gasteiger partial charge in [-0.25, -0.2) is 0 Å². The van der Waals surface area contributed by atoms with E-state index in [9.17, 15) is 13.2 Å². The molecule has 0 saturated carbocycles. The number of hydrogen-bond acceptors (Lipinski definition) is 2. The van der Waals surface area contributed by atoms with Crippen molar-refractivity contribution < 1.29 is 22.6 Å². The average molecular weight is 184 g/mol. The molecule has 1 unspecified atom stereocenters. The first-order valence-electron chi connectivity index (χ1n) is 3.88. The third-order valence-electron chi connectivity index (χ3n) is 1.57. The number of ether oxygens (including phenoxy) is 2. The molecule has 5 heteroatoms. The van der Waals surface area contributed by atoms with Gasteiger partial charge in [0.1, 0.15) is 6.61 Å². The highest BCUT2D eigenvalue weighted by Gasteiger charge is 2.29. The molecule has 1 aliphatic heterocycles. The number of alkyl halides is 3. The van der Waals surface area contributed by atoms with Crippen molar-refractivity contribution in [3.05, 3.63) is 0 Å². The van der Waals surface area contributed by atoms with E-state index in [0.29, 0.717) is 13.0 Å². The third-order valence-corrected chi connectivity index (χ3v) is 1.57. The van der Waals surface area contributed by atoms with E-state index in [1.807, 2.05) is 0 Å². The van der Waals surface area contributed by atoms with Crippen molar-refractivity contribution in [1.29, 1.82) is 0 Å². The van der Waals surface area contributed by atoms with Gasteiger partial charge in [-0.1, -0.05) is 0 Å². The van der Waals surface area contributed by atoms with Crippen LogP contribution in [0.15, 0.2) is 0 Å². The summed E-state index contributed by atoms with van der Waals surface area (Å²) in [5, 5.41) is 0. The highest BCUT2D eigenvalue weighted by molar-refractivity contribution is 4.55. The van der Waals surface area contributed by atoms with Crippen molar-refractivity contribution in [3.8, 4) is 0 Å². The van der Waals surface area contributed by atoms with E-state index >= 15 is 0 Å². The zero-order valence-electron chi connectivity index (χ0n) is 6.56. The molecule has 72 valence electrons. The summed E-state index contributed by atoms with van der Waals surface area (Å²) in [6.45, 7) is -0.708. The van der Waals surface area contributed by atoms with Crippen LogP contribution < -0.4 is 0 Å². The quantitative estimate of drug-likeness (QED) is 0.654. The summed E-state index contributed by atoms with van der Waals surface area (Å²) in [6, 6.07) is 0. The summed E-state index contributed by atoms with van der Waals surface area (Å²) in [6.07, 6.45) is -2.55. The Morgan fingerprint density at radius 2 is 2.08 bits per heavy atom. The van der Waals surface area contributed by atoms with E-state index in [0.717, 1.165) is 12.8 Å². The lowest BCUT2D eigenvalue weighted by molar-refractivity contribution is -0.236. The largest absolute Gasteiger partial charge is 0.411 e. The summed E-state index contributed by atoms with van der Waals surface area (Å²) in [4.78, 5) is 0. The summed E-state index contributed by atoms with van der Waals surface area (Å²) in [5.74, 6) is 0. The highest BCUT2D eigenvalue weighted by atomic mass is 19.4. The lowest BCUT2D eigenvalue weighted by atomic mass is 10.2. The highest BCUT2D eigenvalue weighted by Crippen LogP contribution is 2.19. The minimum absolute atomic E-state index is 0.503. The van der Waals surface area contributed by atoms with Crippen LogP contribution in [0.5, 0.6) is 0 Å². The number of hydrogen-bond donors (Lipinski definition) is 0. The van der Waals surface area contributed by atoms with Crippen molar-refractivity contribution in [2.24, 2.45) is 0 Å². The van der Waals surface area contributed by atoms with E-state index in [1.54, 1.807) is 0 Å². The maximum absolute atomic E-state index is 11.6. The van der Waals surface area contributed by atoms with Crippen LogP contribution >= 0.6 is 0 Å². The van der Waals surface area contributed by atoms with Gasteiger partial charge in [0.25, 0.3) is 0 Å². The fourth-order valence-electron chi connectivity index (χ4n) is 1.03. The predicted molar refractivity (Wildman–Crippen MR) is 35.6 cm³/mol. The molecule has 0 aromatic heterocycles. The number of halogens is 3. The molecule has 0 amide bonds. The molecule has 1 heterocycles. The monoisotopic (exact) mass is 184 g/mol. The molecule has 0 aromatic rings. The predicted octanol–water partition coefficient (Wildman–Crippen LogP) is 2.09. The van der Waals surface area contributed by atoms with Gasteiger partial charge in [0.15, 0.2) is 6.29 Å². The first kappa shape index (κ1) is 9.80. The zero-order chi connectivity index (χ0) is 9.03. The second kappa shape index (κ2) is 4.09. The van der Waals surface area contributed by atoms with Crippen LogP contribution in [0.1, 0.15) is 19.3 Å². The third kappa shape index (κ3) is 3.92. The average Bonchev–Trinajstić information content (AvgIpc) is 2.02. The maximum Gasteiger partial charge on any atom is 0.411 e. The Kier molecular flexibility index (Phi) is 3.34. The summed E-state index contributed by atoms with van der Waals surface area (Å²) < 4.78 is 44.3. The Bertz CT molecular complexity index is 129. The van der Waals surface area contributed by atoms with Gasteiger partial charge in [-0.3, -0.25) is 0 Å². The topological polar surface area (TPSA) is 18.5 Å². The van der Waals surface area contributed by atoms with Crippen LogP contribution in [0.2, 0.25) is 0 Å². The van der Waals surface area contributed by atoms with Gasteiger partial charge in [0, 0.05) is 6.61 Å². The van der Waals surface area contributed by atoms with Gasteiger partial charge in [-0.15, -0.1) is 0 Å². The van der Waals surface area contributed by atoms with E-state index in [2.05, 4.69) is 4.74 Å². The molecule has 0 N–H and O–H groups in total. The fourth-order valence-corrected chi connectivity index (χ4v) is 1.03. The van der Waals surface area contributed by atoms with Gasteiger partial charge in [0.05, 0.1) is 0 Å². The second-order valence-corrected chi connectivity index (χ2v) is 2.72. The van der Waals surface area contributed by atoms with Crippen LogP contribution in [0.25, 0.3) is 0 Å². The lowest BCUT2D eigenvalue weighted by Gasteiger charge is -2.23. The summed E-state index contributed by atoms with van der Waals surface area (Å²) in [5.41, 5.74) is 0. The van der Waals surface area contributed by atoms with Crippen molar-refractivity contribution in [3.63, 3.8) is 0 Å². The van der Waals surface area contributed by atoms with Crippen LogP contribution in [-0.2, 0) is 9.47 Å². The standard InChI is InChI=1S/C7H11F3O2/c8-7(9,10)5-12-6-3-1-2-4-11-6/h6H,1-5H2. The zero-order valence-corrected chi connectivity index (χ0v) is 6.56. The van der Waals surface area contributed by atoms with Crippen molar-refractivity contribution in [2.45, 2.75) is 31.7 Å². The van der Waals surface area contributed by atoms with Gasteiger partial charge in [0.2, 0.25) is 0 Å². The Hall–Kier alpha value is -0.290. The first-order valence-corrected chi connectivity index (χ1v) is 3.88. The van der Waals surface area contributed by atoms with Crippen molar-refractivity contribution in [2.75, 3.05) is 13.2 Å². The SMILES string of the molecule is FC(F)(F)COC1CCCCO1. The second-order valence-electron chi connectivity index (χ2n) is 2.72. The van der Waals surface area contributed by atoms with E-state index in [1.165, 1.54) is 0 Å². The Labute approximate surface area is 68.6 Å². The summed E-state index contributed by atoms with van der Waals surface area (Å²) >= 11 is 0. The molecule has 1 saturated heterocycles. The van der Waals surface area contributed by atoms with Crippen molar-refractivity contribution in [1.82, 2.24) is 0 Å². The van der Waals surface area contributed by atoms with Gasteiger partial charge < -0.3 is 9.47 Å². The van der Waals surface area contributed by atoms with Crippen LogP contribution in [0, 0.1) is 0 Å². The summed E-state index contributed by atoms with van der Waals surface area (Å²) in [7, 11) is 0. The van der Waals surface area contributed by atoms with Gasteiger partial charge in [-0.2, -0.15) is 13.2 Å². The van der Waals surface area contributed by atoms with E-state index < -0.39 is 19.1 Å². The normalized spacial score (nSPS) is 25.8. The molecule has 12 heavy (non-hydrogen) atoms. The molecule has 1 fully saturated rings. The first-order chi connectivity index (χ1) is 5.58. The van der Waals surface area contributed by atoms with E-state index in [4.69, 9.17) is 4.74 Å². The smallest absolute Gasteiger partial charge is 0.353 e. The molecular formula is C7H11F3O2. The maximum atomic E-state index is 11.6. The fraction of sp³-hybridized carbons (Fsp3) is 1.00. The molecule has 0 radical (unpaired) electrons. The molecule has 0 aromatic carbocycles. The van der Waals surface area contributed by atoms with Crippen LogP contribution in [-0.4, -0.2) is 25.7 Å². The molecule has 1 aliphatic rings. The molecule has 0 spiro atoms. The molecular weight excluding hydrogens is 173 g/mol. The van der Waals surface area contributed by atoms with Gasteiger partial charge >= 0.3 is 6.18 Å². The minimum Gasteiger partial charge on any atom is -0.353 e. The minimum atomic E-state index is -4.25. The van der Waals surface area contributed by atoms with Crippen LogP contribution in [0.4, 0.5) is 13.2 Å². The van der Waals surface area contributed by atoms with Gasteiger partial charge in [-0.05, 0) is 19.3 Å². The number of rotatable bonds is 2. The van der Waals surface area contributed by atoms with Crippen LogP contribution in [0.3, 0.4) is 0 Å². The Balaban J connectivity index is 2.13. The molecule has 1 rings (SSSR count). The molecule has 0 bridgehead atoms. The molecule has 0 aliphatic carbocycles. The molecule has 2 nitrogen and oxygen atoms in total.